The number of nitriles is 2. The second kappa shape index (κ2) is 14.4. The van der Waals surface area contributed by atoms with E-state index in [0.717, 1.165) is 60.5 Å². The molecule has 0 radical (unpaired) electrons. The highest BCUT2D eigenvalue weighted by molar-refractivity contribution is 6.11. The van der Waals surface area contributed by atoms with Crippen LogP contribution in [0, 0.1) is 22.7 Å². The maximum absolute atomic E-state index is 10.4. The topological polar surface area (TPSA) is 96.1 Å². The van der Waals surface area contributed by atoms with Crippen LogP contribution in [0.3, 0.4) is 0 Å². The molecular weight excluding hydrogens is 759 g/mol. The van der Waals surface area contributed by atoms with Crippen molar-refractivity contribution in [3.63, 3.8) is 0 Å². The molecule has 7 aromatic carbocycles. The van der Waals surface area contributed by atoms with E-state index in [2.05, 4.69) is 148 Å². The zero-order chi connectivity index (χ0) is 42.9. The minimum atomic E-state index is -0.0863. The van der Waals surface area contributed by atoms with Gasteiger partial charge >= 0.3 is 0 Å². The van der Waals surface area contributed by atoms with Gasteiger partial charge in [0.25, 0.3) is 0 Å². The van der Waals surface area contributed by atoms with Crippen LogP contribution in [0.25, 0.3) is 89.2 Å². The number of para-hydroxylation sites is 2. The largest absolute Gasteiger partial charge is 0.308 e. The van der Waals surface area contributed by atoms with Crippen molar-refractivity contribution >= 4 is 43.6 Å². The fraction of sp³-hybridized carbons (Fsp3) is 0.145. The molecule has 0 saturated heterocycles. The Morgan fingerprint density at radius 2 is 0.806 bits per heavy atom. The maximum Gasteiger partial charge on any atom is 0.166 e. The van der Waals surface area contributed by atoms with E-state index in [-0.39, 0.29) is 10.8 Å². The van der Waals surface area contributed by atoms with E-state index in [4.69, 9.17) is 15.0 Å². The smallest absolute Gasteiger partial charge is 0.166 e. The molecule has 3 heterocycles. The molecule has 0 amide bonds. The molecule has 0 saturated carbocycles. The van der Waals surface area contributed by atoms with Crippen molar-refractivity contribution < 1.29 is 0 Å². The fourth-order valence-corrected chi connectivity index (χ4v) is 8.69. The molecular formula is C55H43N7. The van der Waals surface area contributed by atoms with Crippen molar-refractivity contribution in [2.75, 3.05) is 0 Å². The van der Waals surface area contributed by atoms with Gasteiger partial charge in [0.1, 0.15) is 0 Å². The predicted molar refractivity (Wildman–Crippen MR) is 252 cm³/mol. The second-order valence-corrected chi connectivity index (χ2v) is 18.0. The van der Waals surface area contributed by atoms with Crippen molar-refractivity contribution in [2.24, 2.45) is 0 Å². The molecule has 7 nitrogen and oxygen atoms in total. The SMILES string of the molecule is CC(C)(C)c1ccc2c3ccccc3n(-c3ccc(C#N)cc3-c3nc(-c4ccccc4)nc(-c4cc(C#N)ccc4-n4c5ccccc5c5ccc(C(C)(C)C)cc54)n3)c2c1. The lowest BCUT2D eigenvalue weighted by Crippen LogP contribution is -2.11. The normalized spacial score (nSPS) is 12.0. The molecule has 7 heteroatoms. The summed E-state index contributed by atoms with van der Waals surface area (Å²) in [5, 5.41) is 25.2. The Hall–Kier alpha value is -7.87. The highest BCUT2D eigenvalue weighted by atomic mass is 15.1. The molecule has 0 unspecified atom stereocenters. The average Bonchev–Trinajstić information content (AvgIpc) is 3.80. The van der Waals surface area contributed by atoms with Gasteiger partial charge in [-0.25, -0.2) is 15.0 Å². The number of benzene rings is 7. The number of aromatic nitrogens is 5. The van der Waals surface area contributed by atoms with Gasteiger partial charge in [-0.2, -0.15) is 10.5 Å². The highest BCUT2D eigenvalue weighted by Crippen LogP contribution is 2.41. The number of hydrogen-bond donors (Lipinski definition) is 0. The van der Waals surface area contributed by atoms with Gasteiger partial charge in [-0.05, 0) is 82.6 Å². The molecule has 298 valence electrons. The Balaban J connectivity index is 1.29. The molecule has 0 aliphatic carbocycles. The number of fused-ring (bicyclic) bond motifs is 6. The summed E-state index contributed by atoms with van der Waals surface area (Å²) in [5.41, 5.74) is 11.2. The summed E-state index contributed by atoms with van der Waals surface area (Å²) in [4.78, 5) is 15.8. The molecule has 0 N–H and O–H groups in total. The molecule has 0 bridgehead atoms. The lowest BCUT2D eigenvalue weighted by Gasteiger charge is -2.20. The molecule has 3 aromatic heterocycles. The van der Waals surface area contributed by atoms with Crippen molar-refractivity contribution in [1.29, 1.82) is 10.5 Å². The Bertz CT molecular complexity index is 3300. The quantitative estimate of drug-likeness (QED) is 0.173. The summed E-state index contributed by atoms with van der Waals surface area (Å²) < 4.78 is 4.55. The molecule has 62 heavy (non-hydrogen) atoms. The minimum absolute atomic E-state index is 0.0863. The van der Waals surface area contributed by atoms with E-state index in [1.54, 1.807) is 0 Å². The molecule has 0 aliphatic rings. The first-order valence-corrected chi connectivity index (χ1v) is 20.9. The third kappa shape index (κ3) is 6.38. The van der Waals surface area contributed by atoms with Crippen LogP contribution in [-0.4, -0.2) is 24.1 Å². The summed E-state index contributed by atoms with van der Waals surface area (Å²) in [6.45, 7) is 13.4. The van der Waals surface area contributed by atoms with Crippen molar-refractivity contribution in [2.45, 2.75) is 52.4 Å². The van der Waals surface area contributed by atoms with Crippen LogP contribution >= 0.6 is 0 Å². The molecule has 0 atom stereocenters. The van der Waals surface area contributed by atoms with Crippen molar-refractivity contribution in [3.05, 3.63) is 174 Å². The molecule has 10 rings (SSSR count). The molecule has 0 spiro atoms. The molecule has 0 fully saturated rings. The van der Waals surface area contributed by atoms with Gasteiger partial charge in [0.2, 0.25) is 0 Å². The third-order valence-corrected chi connectivity index (χ3v) is 12.0. The molecule has 10 aromatic rings. The van der Waals surface area contributed by atoms with E-state index < -0.39 is 0 Å². The first-order valence-electron chi connectivity index (χ1n) is 20.9. The van der Waals surface area contributed by atoms with E-state index in [9.17, 15) is 10.5 Å². The number of hydrogen-bond acceptors (Lipinski definition) is 5. The predicted octanol–water partition coefficient (Wildman–Crippen LogP) is 13.4. The zero-order valence-electron chi connectivity index (χ0n) is 35.6. The van der Waals surface area contributed by atoms with Gasteiger partial charge in [-0.1, -0.05) is 133 Å². The van der Waals surface area contributed by atoms with Crippen LogP contribution in [0.4, 0.5) is 0 Å². The first kappa shape index (κ1) is 38.3. The summed E-state index contributed by atoms with van der Waals surface area (Å²) >= 11 is 0. The number of nitrogens with zero attached hydrogens (tertiary/aromatic N) is 7. The van der Waals surface area contributed by atoms with Gasteiger partial charge in [-0.3, -0.25) is 0 Å². The van der Waals surface area contributed by atoms with Gasteiger partial charge in [0.05, 0.1) is 56.7 Å². The van der Waals surface area contributed by atoms with Crippen LogP contribution in [-0.2, 0) is 10.8 Å². The minimum Gasteiger partial charge on any atom is -0.308 e. The maximum atomic E-state index is 10.4. The second-order valence-electron chi connectivity index (χ2n) is 18.0. The van der Waals surface area contributed by atoms with Crippen molar-refractivity contribution in [1.82, 2.24) is 24.1 Å². The van der Waals surface area contributed by atoms with E-state index >= 15 is 0 Å². The van der Waals surface area contributed by atoms with E-state index in [1.807, 2.05) is 66.7 Å². The molecule has 0 aliphatic heterocycles. The lowest BCUT2D eigenvalue weighted by molar-refractivity contribution is 0.590. The Morgan fingerprint density at radius 1 is 0.403 bits per heavy atom. The van der Waals surface area contributed by atoms with Crippen LogP contribution < -0.4 is 0 Å². The number of rotatable bonds is 5. The lowest BCUT2D eigenvalue weighted by atomic mass is 9.86. The van der Waals surface area contributed by atoms with E-state index in [1.165, 1.54) is 11.1 Å². The van der Waals surface area contributed by atoms with Crippen LogP contribution in [0.5, 0.6) is 0 Å². The Morgan fingerprint density at radius 3 is 1.24 bits per heavy atom. The summed E-state index contributed by atoms with van der Waals surface area (Å²) in [6, 6.07) is 56.4. The Labute approximate surface area is 360 Å². The summed E-state index contributed by atoms with van der Waals surface area (Å²) in [7, 11) is 0. The van der Waals surface area contributed by atoms with Gasteiger partial charge < -0.3 is 9.13 Å². The summed E-state index contributed by atoms with van der Waals surface area (Å²) in [5.74, 6) is 1.29. The van der Waals surface area contributed by atoms with Gasteiger partial charge in [-0.15, -0.1) is 0 Å². The van der Waals surface area contributed by atoms with E-state index in [0.29, 0.717) is 39.7 Å². The average molecular weight is 802 g/mol. The first-order chi connectivity index (χ1) is 29.9. The van der Waals surface area contributed by atoms with Crippen LogP contribution in [0.2, 0.25) is 0 Å². The van der Waals surface area contributed by atoms with Gasteiger partial charge in [0, 0.05) is 38.2 Å². The highest BCUT2D eigenvalue weighted by Gasteiger charge is 2.25. The zero-order valence-corrected chi connectivity index (χ0v) is 35.6. The Kier molecular flexibility index (Phi) is 8.91. The van der Waals surface area contributed by atoms with Gasteiger partial charge in [0.15, 0.2) is 17.5 Å². The van der Waals surface area contributed by atoms with Crippen molar-refractivity contribution in [3.8, 4) is 57.7 Å². The van der Waals surface area contributed by atoms with Crippen LogP contribution in [0.1, 0.15) is 63.8 Å². The standard InChI is InChI=1S/C55H43N7/c1-54(2,3)37-22-24-41-39-16-10-12-18-45(39)61(49(41)30-37)47-26-20-34(32-56)28-43(47)52-58-51(36-14-8-7-9-15-36)59-53(60-52)44-29-35(33-57)21-27-48(44)62-46-19-13-11-17-40(46)42-25-23-38(31-50(42)62)55(4,5)6/h7-31H,1-6H3. The monoisotopic (exact) mass is 801 g/mol. The summed E-state index contributed by atoms with van der Waals surface area (Å²) in [6.07, 6.45) is 0. The fourth-order valence-electron chi connectivity index (χ4n) is 8.69. The van der Waals surface area contributed by atoms with Crippen LogP contribution in [0.15, 0.2) is 152 Å². The third-order valence-electron chi connectivity index (χ3n) is 12.0.